The molecule has 6 nitrogen and oxygen atoms in total. The summed E-state index contributed by atoms with van der Waals surface area (Å²) in [6.45, 7) is 2.35. The van der Waals surface area contributed by atoms with Gasteiger partial charge in [0.1, 0.15) is 5.82 Å². The summed E-state index contributed by atoms with van der Waals surface area (Å²) in [7, 11) is 0. The Balaban J connectivity index is 2.42. The minimum Gasteiger partial charge on any atom is -0.383 e. The van der Waals surface area contributed by atoms with Crippen molar-refractivity contribution in [3.8, 4) is 0 Å². The second-order valence-corrected chi connectivity index (χ2v) is 4.67. The van der Waals surface area contributed by atoms with Crippen LogP contribution >= 0.6 is 0 Å². The lowest BCUT2D eigenvalue weighted by Crippen LogP contribution is -2.35. The molecule has 3 N–H and O–H groups in total. The first kappa shape index (κ1) is 14.8. The van der Waals surface area contributed by atoms with E-state index in [1.54, 1.807) is 6.21 Å². The smallest absolute Gasteiger partial charge is 0.330 e. The number of nitrogens with zero attached hydrogens (tertiary/aromatic N) is 2. The number of H-pyrrole nitrogens is 1. The largest absolute Gasteiger partial charge is 0.383 e. The first-order chi connectivity index (χ1) is 10.1. The van der Waals surface area contributed by atoms with Gasteiger partial charge in [0.2, 0.25) is 0 Å². The van der Waals surface area contributed by atoms with Crippen LogP contribution in [-0.2, 0) is 6.54 Å². The fourth-order valence-corrected chi connectivity index (χ4v) is 1.90. The first-order valence-electron chi connectivity index (χ1n) is 6.85. The molecule has 21 heavy (non-hydrogen) atoms. The van der Waals surface area contributed by atoms with E-state index >= 15 is 0 Å². The fourth-order valence-electron chi connectivity index (χ4n) is 1.90. The molecule has 0 aliphatic carbocycles. The third-order valence-corrected chi connectivity index (χ3v) is 3.07. The molecular formula is C15H18N4O2. The molecule has 110 valence electrons. The van der Waals surface area contributed by atoms with Gasteiger partial charge in [-0.2, -0.15) is 0 Å². The highest BCUT2D eigenvalue weighted by Gasteiger charge is 2.10. The highest BCUT2D eigenvalue weighted by atomic mass is 16.2. The zero-order valence-corrected chi connectivity index (χ0v) is 11.9. The number of aromatic amines is 1. The number of rotatable bonds is 5. The van der Waals surface area contributed by atoms with Crippen molar-refractivity contribution in [3.63, 3.8) is 0 Å². The SMILES string of the molecule is CCCCn1c(=O)[nH]c(N)c(N=Cc2ccccc2)c1=O. The van der Waals surface area contributed by atoms with Crippen LogP contribution in [0.2, 0.25) is 0 Å². The standard InChI is InChI=1S/C15H18N4O2/c1-2-3-9-19-14(20)12(13(16)18-15(19)21)17-10-11-7-5-4-6-8-11/h4-8,10H,2-3,9,16H2,1H3,(H,18,21). The van der Waals surface area contributed by atoms with Crippen molar-refractivity contribution >= 4 is 17.7 Å². The number of aliphatic imine (C=N–C) groups is 1. The van der Waals surface area contributed by atoms with Crippen LogP contribution in [0.25, 0.3) is 0 Å². The molecule has 2 rings (SSSR count). The topological polar surface area (TPSA) is 93.2 Å². The van der Waals surface area contributed by atoms with Gasteiger partial charge in [-0.1, -0.05) is 43.7 Å². The minimum atomic E-state index is -0.496. The lowest BCUT2D eigenvalue weighted by atomic mass is 10.2. The van der Waals surface area contributed by atoms with E-state index in [0.29, 0.717) is 6.54 Å². The molecule has 0 unspecified atom stereocenters. The summed E-state index contributed by atoms with van der Waals surface area (Å²) in [6.07, 6.45) is 3.18. The molecule has 0 saturated carbocycles. The number of hydrogen-bond donors (Lipinski definition) is 2. The van der Waals surface area contributed by atoms with Crippen molar-refractivity contribution in [1.82, 2.24) is 9.55 Å². The molecule has 0 bridgehead atoms. The molecule has 0 radical (unpaired) electrons. The van der Waals surface area contributed by atoms with Gasteiger partial charge in [0.05, 0.1) is 0 Å². The molecular weight excluding hydrogens is 268 g/mol. The fraction of sp³-hybridized carbons (Fsp3) is 0.267. The Kier molecular flexibility index (Phi) is 4.71. The monoisotopic (exact) mass is 286 g/mol. The van der Waals surface area contributed by atoms with Gasteiger partial charge in [0.25, 0.3) is 5.56 Å². The van der Waals surface area contributed by atoms with E-state index in [1.807, 2.05) is 37.3 Å². The maximum Gasteiger partial charge on any atom is 0.330 e. The average molecular weight is 286 g/mol. The second kappa shape index (κ2) is 6.69. The molecule has 0 aliphatic heterocycles. The zero-order valence-electron chi connectivity index (χ0n) is 11.9. The van der Waals surface area contributed by atoms with Crippen molar-refractivity contribution in [1.29, 1.82) is 0 Å². The molecule has 1 heterocycles. The number of benzene rings is 1. The Morgan fingerprint density at radius 1 is 1.29 bits per heavy atom. The number of nitrogen functional groups attached to an aromatic ring is 1. The summed E-state index contributed by atoms with van der Waals surface area (Å²) in [4.78, 5) is 30.7. The van der Waals surface area contributed by atoms with Crippen LogP contribution in [0.15, 0.2) is 44.9 Å². The summed E-state index contributed by atoms with van der Waals surface area (Å²) in [5, 5.41) is 0. The maximum atomic E-state index is 12.3. The maximum absolute atomic E-state index is 12.3. The molecule has 1 aromatic heterocycles. The van der Waals surface area contributed by atoms with Crippen molar-refractivity contribution in [2.24, 2.45) is 4.99 Å². The Bertz CT molecular complexity index is 745. The van der Waals surface area contributed by atoms with Crippen LogP contribution in [0.4, 0.5) is 11.5 Å². The molecule has 0 aliphatic rings. The third-order valence-electron chi connectivity index (χ3n) is 3.07. The van der Waals surface area contributed by atoms with Crippen molar-refractivity contribution < 1.29 is 0 Å². The Labute approximate surface area is 122 Å². The number of unbranched alkanes of at least 4 members (excludes halogenated alkanes) is 1. The summed E-state index contributed by atoms with van der Waals surface area (Å²) >= 11 is 0. The van der Waals surface area contributed by atoms with Crippen LogP contribution in [0.5, 0.6) is 0 Å². The lowest BCUT2D eigenvalue weighted by Gasteiger charge is -2.06. The molecule has 0 saturated heterocycles. The molecule has 6 heteroatoms. The van der Waals surface area contributed by atoms with E-state index in [9.17, 15) is 9.59 Å². The number of aromatic nitrogens is 2. The highest BCUT2D eigenvalue weighted by Crippen LogP contribution is 2.11. The number of anilines is 1. The van der Waals surface area contributed by atoms with Crippen molar-refractivity contribution in [3.05, 3.63) is 56.7 Å². The zero-order chi connectivity index (χ0) is 15.2. The highest BCUT2D eigenvalue weighted by molar-refractivity contribution is 5.82. The van der Waals surface area contributed by atoms with E-state index in [4.69, 9.17) is 5.73 Å². The second-order valence-electron chi connectivity index (χ2n) is 4.67. The number of hydrogen-bond acceptors (Lipinski definition) is 4. The van der Waals surface area contributed by atoms with Gasteiger partial charge in [-0.05, 0) is 12.0 Å². The molecule has 0 fully saturated rings. The van der Waals surface area contributed by atoms with Gasteiger partial charge in [0, 0.05) is 12.8 Å². The van der Waals surface area contributed by atoms with Gasteiger partial charge in [-0.15, -0.1) is 0 Å². The van der Waals surface area contributed by atoms with Gasteiger partial charge < -0.3 is 5.73 Å². The Morgan fingerprint density at radius 3 is 2.67 bits per heavy atom. The Hall–Kier alpha value is -2.63. The molecule has 0 atom stereocenters. The van der Waals surface area contributed by atoms with Gasteiger partial charge in [0.15, 0.2) is 5.69 Å². The van der Waals surface area contributed by atoms with Crippen LogP contribution < -0.4 is 17.0 Å². The van der Waals surface area contributed by atoms with E-state index in [0.717, 1.165) is 23.0 Å². The van der Waals surface area contributed by atoms with E-state index < -0.39 is 11.2 Å². The van der Waals surface area contributed by atoms with Crippen LogP contribution in [0, 0.1) is 0 Å². The first-order valence-corrected chi connectivity index (χ1v) is 6.85. The lowest BCUT2D eigenvalue weighted by molar-refractivity contribution is 0.585. The quantitative estimate of drug-likeness (QED) is 0.819. The number of nitrogens with two attached hydrogens (primary N) is 1. The van der Waals surface area contributed by atoms with Gasteiger partial charge >= 0.3 is 5.69 Å². The predicted octanol–water partition coefficient (Wildman–Crippen LogP) is 1.67. The molecule has 1 aromatic carbocycles. The summed E-state index contributed by atoms with van der Waals surface area (Å²) in [5.74, 6) is -0.00932. The predicted molar refractivity (Wildman–Crippen MR) is 84.3 cm³/mol. The van der Waals surface area contributed by atoms with Crippen LogP contribution in [-0.4, -0.2) is 15.8 Å². The van der Waals surface area contributed by atoms with Crippen LogP contribution in [0.1, 0.15) is 25.3 Å². The molecule has 0 spiro atoms. The summed E-state index contributed by atoms with van der Waals surface area (Å²) in [5.41, 5.74) is 5.66. The van der Waals surface area contributed by atoms with E-state index in [1.165, 1.54) is 0 Å². The van der Waals surface area contributed by atoms with Gasteiger partial charge in [-0.25, -0.2) is 9.79 Å². The number of nitrogens with one attached hydrogen (secondary N) is 1. The van der Waals surface area contributed by atoms with E-state index in [-0.39, 0.29) is 11.5 Å². The molecule has 2 aromatic rings. The average Bonchev–Trinajstić information content (AvgIpc) is 2.47. The van der Waals surface area contributed by atoms with Crippen molar-refractivity contribution in [2.75, 3.05) is 5.73 Å². The van der Waals surface area contributed by atoms with E-state index in [2.05, 4.69) is 9.98 Å². The van der Waals surface area contributed by atoms with Gasteiger partial charge in [-0.3, -0.25) is 14.3 Å². The normalized spacial score (nSPS) is 11.1. The third kappa shape index (κ3) is 3.47. The van der Waals surface area contributed by atoms with Crippen molar-refractivity contribution in [2.45, 2.75) is 26.3 Å². The minimum absolute atomic E-state index is 0.00932. The Morgan fingerprint density at radius 2 is 2.00 bits per heavy atom. The summed E-state index contributed by atoms with van der Waals surface area (Å²) < 4.78 is 1.14. The van der Waals surface area contributed by atoms with Crippen LogP contribution in [0.3, 0.4) is 0 Å². The summed E-state index contributed by atoms with van der Waals surface area (Å²) in [6, 6.07) is 9.36. The molecule has 0 amide bonds.